The monoisotopic (exact) mass is 309 g/mol. The van der Waals surface area contributed by atoms with E-state index in [1.165, 1.54) is 4.31 Å². The summed E-state index contributed by atoms with van der Waals surface area (Å²) >= 11 is 0. The number of nitrogens with zero attached hydrogens (tertiary/aromatic N) is 1. The van der Waals surface area contributed by atoms with E-state index in [0.717, 1.165) is 0 Å². The molecule has 1 atom stereocenters. The fraction of sp³-hybridized carbons (Fsp3) is 0.818. The molecule has 1 aliphatic rings. The van der Waals surface area contributed by atoms with Gasteiger partial charge in [0.15, 0.2) is 0 Å². The Bertz CT molecular complexity index is 448. The standard InChI is InChI=1S/C11H19NO7S/c1-2-18-11(15)3-6-20(16,17)12-4-5-19-9(8-12)7-10(13)14/h9H,2-8H2,1H3,(H,13,14). The molecule has 0 bridgehead atoms. The van der Waals surface area contributed by atoms with Gasteiger partial charge in [-0.2, -0.15) is 4.31 Å². The number of ether oxygens (including phenoxy) is 2. The molecule has 1 rings (SSSR count). The zero-order valence-electron chi connectivity index (χ0n) is 11.3. The smallest absolute Gasteiger partial charge is 0.306 e. The lowest BCUT2D eigenvalue weighted by Gasteiger charge is -2.31. The van der Waals surface area contributed by atoms with Gasteiger partial charge in [-0.05, 0) is 6.92 Å². The Labute approximate surface area is 117 Å². The van der Waals surface area contributed by atoms with Crippen LogP contribution in [0.15, 0.2) is 0 Å². The minimum atomic E-state index is -3.61. The van der Waals surface area contributed by atoms with Crippen LogP contribution in [0.1, 0.15) is 19.8 Å². The van der Waals surface area contributed by atoms with Gasteiger partial charge in [0.1, 0.15) is 0 Å². The highest BCUT2D eigenvalue weighted by atomic mass is 32.2. The highest BCUT2D eigenvalue weighted by molar-refractivity contribution is 7.89. The van der Waals surface area contributed by atoms with Gasteiger partial charge in [-0.15, -0.1) is 0 Å². The lowest BCUT2D eigenvalue weighted by atomic mass is 10.2. The van der Waals surface area contributed by atoms with Crippen molar-refractivity contribution in [1.82, 2.24) is 4.31 Å². The molecule has 0 aromatic carbocycles. The normalized spacial score (nSPS) is 20.6. The van der Waals surface area contributed by atoms with Crippen LogP contribution in [0.25, 0.3) is 0 Å². The van der Waals surface area contributed by atoms with E-state index < -0.39 is 28.1 Å². The van der Waals surface area contributed by atoms with Crippen LogP contribution in [0, 0.1) is 0 Å². The van der Waals surface area contributed by atoms with Gasteiger partial charge in [-0.3, -0.25) is 9.59 Å². The van der Waals surface area contributed by atoms with Crippen molar-refractivity contribution in [2.24, 2.45) is 0 Å². The van der Waals surface area contributed by atoms with Gasteiger partial charge < -0.3 is 14.6 Å². The Morgan fingerprint density at radius 1 is 1.45 bits per heavy atom. The Kier molecular flexibility index (Phi) is 6.37. The highest BCUT2D eigenvalue weighted by Crippen LogP contribution is 2.14. The van der Waals surface area contributed by atoms with Crippen LogP contribution in [0.2, 0.25) is 0 Å². The summed E-state index contributed by atoms with van der Waals surface area (Å²) in [5.74, 6) is -1.95. The maximum Gasteiger partial charge on any atom is 0.306 e. The predicted octanol–water partition coefficient (Wildman–Crippen LogP) is -0.555. The zero-order chi connectivity index (χ0) is 15.2. The Balaban J connectivity index is 2.53. The molecule has 20 heavy (non-hydrogen) atoms. The summed E-state index contributed by atoms with van der Waals surface area (Å²) < 4.78 is 35.1. The van der Waals surface area contributed by atoms with Crippen LogP contribution in [-0.2, 0) is 29.1 Å². The quantitative estimate of drug-likeness (QED) is 0.628. The molecule has 0 aromatic heterocycles. The molecular formula is C11H19NO7S. The van der Waals surface area contributed by atoms with E-state index in [9.17, 15) is 18.0 Å². The molecule has 0 saturated carbocycles. The molecule has 8 nitrogen and oxygen atoms in total. The van der Waals surface area contributed by atoms with Crippen molar-refractivity contribution >= 4 is 22.0 Å². The summed E-state index contributed by atoms with van der Waals surface area (Å²) in [4.78, 5) is 21.8. The van der Waals surface area contributed by atoms with Crippen molar-refractivity contribution in [3.05, 3.63) is 0 Å². The largest absolute Gasteiger partial charge is 0.481 e. The first-order valence-electron chi connectivity index (χ1n) is 6.32. The Morgan fingerprint density at radius 2 is 2.15 bits per heavy atom. The number of carboxylic acid groups (broad SMARTS) is 1. The van der Waals surface area contributed by atoms with Crippen molar-refractivity contribution in [1.29, 1.82) is 0 Å². The molecule has 0 spiro atoms. The average Bonchev–Trinajstić information content (AvgIpc) is 2.36. The van der Waals surface area contributed by atoms with E-state index in [4.69, 9.17) is 9.84 Å². The van der Waals surface area contributed by atoms with Gasteiger partial charge in [-0.25, -0.2) is 8.42 Å². The first kappa shape index (κ1) is 16.9. The SMILES string of the molecule is CCOC(=O)CCS(=O)(=O)N1CCOC(CC(=O)O)C1. The molecule has 1 fully saturated rings. The molecule has 0 aliphatic carbocycles. The van der Waals surface area contributed by atoms with Crippen LogP contribution < -0.4 is 0 Å². The van der Waals surface area contributed by atoms with Gasteiger partial charge in [-0.1, -0.05) is 0 Å². The lowest BCUT2D eigenvalue weighted by molar-refractivity contribution is -0.143. The second-order valence-electron chi connectivity index (χ2n) is 4.32. The number of carbonyl (C=O) groups excluding carboxylic acids is 1. The zero-order valence-corrected chi connectivity index (χ0v) is 12.1. The van der Waals surface area contributed by atoms with E-state index in [-0.39, 0.29) is 44.9 Å². The van der Waals surface area contributed by atoms with Crippen molar-refractivity contribution in [3.8, 4) is 0 Å². The summed E-state index contributed by atoms with van der Waals surface area (Å²) in [7, 11) is -3.61. The van der Waals surface area contributed by atoms with Gasteiger partial charge in [0.25, 0.3) is 0 Å². The number of sulfonamides is 1. The molecule has 0 radical (unpaired) electrons. The summed E-state index contributed by atoms with van der Waals surface area (Å²) in [6, 6.07) is 0. The van der Waals surface area contributed by atoms with Crippen LogP contribution in [0.5, 0.6) is 0 Å². The second kappa shape index (κ2) is 7.55. The fourth-order valence-electron chi connectivity index (χ4n) is 1.84. The summed E-state index contributed by atoms with van der Waals surface area (Å²) in [5, 5.41) is 8.68. The van der Waals surface area contributed by atoms with Gasteiger partial charge >= 0.3 is 11.9 Å². The van der Waals surface area contributed by atoms with Crippen LogP contribution in [0.3, 0.4) is 0 Å². The number of aliphatic carboxylic acids is 1. The predicted molar refractivity (Wildman–Crippen MR) is 68.6 cm³/mol. The topological polar surface area (TPSA) is 110 Å². The number of hydrogen-bond donors (Lipinski definition) is 1. The first-order valence-corrected chi connectivity index (χ1v) is 7.93. The Hall–Kier alpha value is -1.19. The van der Waals surface area contributed by atoms with Gasteiger partial charge in [0.05, 0.1) is 37.9 Å². The molecule has 1 heterocycles. The van der Waals surface area contributed by atoms with Crippen molar-refractivity contribution in [2.45, 2.75) is 25.9 Å². The third-order valence-electron chi connectivity index (χ3n) is 2.77. The first-order chi connectivity index (χ1) is 9.35. The van der Waals surface area contributed by atoms with Crippen LogP contribution in [-0.4, -0.2) is 67.9 Å². The fourth-order valence-corrected chi connectivity index (χ4v) is 3.27. The Morgan fingerprint density at radius 3 is 2.75 bits per heavy atom. The number of carbonyl (C=O) groups is 2. The number of carboxylic acids is 1. The molecule has 1 saturated heterocycles. The minimum absolute atomic E-state index is 0.00252. The molecule has 116 valence electrons. The van der Waals surface area contributed by atoms with E-state index in [0.29, 0.717) is 0 Å². The number of esters is 1. The van der Waals surface area contributed by atoms with Crippen molar-refractivity contribution < 1.29 is 32.6 Å². The van der Waals surface area contributed by atoms with Gasteiger partial charge in [0.2, 0.25) is 10.0 Å². The third-order valence-corrected chi connectivity index (χ3v) is 4.61. The number of rotatable bonds is 7. The van der Waals surface area contributed by atoms with E-state index >= 15 is 0 Å². The molecule has 0 amide bonds. The van der Waals surface area contributed by atoms with E-state index in [1.54, 1.807) is 6.92 Å². The maximum atomic E-state index is 12.0. The average molecular weight is 309 g/mol. The molecule has 0 aromatic rings. The summed E-state index contributed by atoms with van der Waals surface area (Å²) in [6.45, 7) is 2.16. The van der Waals surface area contributed by atoms with E-state index in [1.807, 2.05) is 0 Å². The van der Waals surface area contributed by atoms with Crippen molar-refractivity contribution in [2.75, 3.05) is 32.1 Å². The maximum absolute atomic E-state index is 12.0. The molecule has 1 aliphatic heterocycles. The van der Waals surface area contributed by atoms with Crippen molar-refractivity contribution in [3.63, 3.8) is 0 Å². The van der Waals surface area contributed by atoms with Gasteiger partial charge in [0, 0.05) is 13.1 Å². The van der Waals surface area contributed by atoms with Crippen LogP contribution in [0.4, 0.5) is 0 Å². The number of morpholine rings is 1. The number of hydrogen-bond acceptors (Lipinski definition) is 6. The molecular weight excluding hydrogens is 290 g/mol. The molecule has 1 unspecified atom stereocenters. The van der Waals surface area contributed by atoms with Crippen LogP contribution >= 0.6 is 0 Å². The lowest BCUT2D eigenvalue weighted by Crippen LogP contribution is -2.47. The second-order valence-corrected chi connectivity index (χ2v) is 6.41. The molecule has 1 N–H and O–H groups in total. The van der Waals surface area contributed by atoms with E-state index in [2.05, 4.69) is 4.74 Å². The highest BCUT2D eigenvalue weighted by Gasteiger charge is 2.30. The summed E-state index contributed by atoms with van der Waals surface area (Å²) in [5.41, 5.74) is 0. The third kappa shape index (κ3) is 5.43. The minimum Gasteiger partial charge on any atom is -0.481 e. The molecule has 9 heteroatoms. The summed E-state index contributed by atoms with van der Waals surface area (Å²) in [6.07, 6.45) is -1.11.